The third kappa shape index (κ3) is 2.62. The van der Waals surface area contributed by atoms with E-state index < -0.39 is 0 Å². The Bertz CT molecular complexity index is 1110. The molecule has 0 bridgehead atoms. The molecular formula is C19H15N3OS2. The molecule has 2 aromatic heterocycles. The second-order valence-corrected chi connectivity index (χ2v) is 8.16. The summed E-state index contributed by atoms with van der Waals surface area (Å²) in [5.41, 5.74) is 7.09. The smallest absolute Gasteiger partial charge is 0.257 e. The molecule has 0 aliphatic heterocycles. The lowest BCUT2D eigenvalue weighted by Gasteiger charge is -2.16. The molecule has 124 valence electrons. The highest BCUT2D eigenvalue weighted by Crippen LogP contribution is 2.33. The van der Waals surface area contributed by atoms with Crippen LogP contribution in [0, 0.1) is 0 Å². The van der Waals surface area contributed by atoms with Gasteiger partial charge in [-0.05, 0) is 61.1 Å². The number of aromatic nitrogens is 2. The topological polar surface area (TPSA) is 54.9 Å². The van der Waals surface area contributed by atoms with Crippen LogP contribution in [0.1, 0.15) is 34.3 Å². The molecule has 1 aliphatic carbocycles. The van der Waals surface area contributed by atoms with Crippen molar-refractivity contribution in [1.82, 2.24) is 9.97 Å². The molecule has 0 atom stereocenters. The van der Waals surface area contributed by atoms with E-state index in [0.29, 0.717) is 10.7 Å². The maximum Gasteiger partial charge on any atom is 0.257 e. The number of hydrogen-bond donors (Lipinski definition) is 1. The van der Waals surface area contributed by atoms with Crippen LogP contribution in [0.5, 0.6) is 0 Å². The van der Waals surface area contributed by atoms with Gasteiger partial charge in [-0.3, -0.25) is 10.1 Å². The van der Waals surface area contributed by atoms with E-state index in [1.165, 1.54) is 35.3 Å². The number of thiazole rings is 2. The van der Waals surface area contributed by atoms with Crippen molar-refractivity contribution >= 4 is 54.1 Å². The second kappa shape index (κ2) is 5.89. The van der Waals surface area contributed by atoms with Gasteiger partial charge in [0, 0.05) is 5.56 Å². The minimum absolute atomic E-state index is 0.0954. The van der Waals surface area contributed by atoms with Crippen LogP contribution in [0.25, 0.3) is 20.4 Å². The summed E-state index contributed by atoms with van der Waals surface area (Å²) in [6.07, 6.45) is 4.65. The van der Waals surface area contributed by atoms with Crippen LogP contribution in [-0.4, -0.2) is 15.9 Å². The Hall–Kier alpha value is -2.31. The molecule has 0 saturated carbocycles. The molecule has 0 spiro atoms. The Morgan fingerprint density at radius 3 is 2.88 bits per heavy atom. The first-order valence-electron chi connectivity index (χ1n) is 8.34. The van der Waals surface area contributed by atoms with Crippen molar-refractivity contribution in [2.24, 2.45) is 0 Å². The van der Waals surface area contributed by atoms with Crippen LogP contribution >= 0.6 is 22.7 Å². The molecule has 0 saturated heterocycles. The minimum atomic E-state index is -0.0954. The SMILES string of the molecule is O=C(Nc1nc2ccc3scnc3c2s1)c1ccc2c(c1)CCCC2. The maximum absolute atomic E-state index is 12.6. The first kappa shape index (κ1) is 15.0. The molecule has 4 aromatic rings. The summed E-state index contributed by atoms with van der Waals surface area (Å²) in [4.78, 5) is 21.6. The summed E-state index contributed by atoms with van der Waals surface area (Å²) in [6, 6.07) is 10.1. The van der Waals surface area contributed by atoms with Crippen molar-refractivity contribution in [3.05, 3.63) is 52.5 Å². The number of nitrogens with one attached hydrogen (secondary N) is 1. The Labute approximate surface area is 152 Å². The molecule has 1 N–H and O–H groups in total. The van der Waals surface area contributed by atoms with Gasteiger partial charge in [-0.2, -0.15) is 0 Å². The molecule has 4 nitrogen and oxygen atoms in total. The van der Waals surface area contributed by atoms with E-state index in [1.807, 2.05) is 29.8 Å². The van der Waals surface area contributed by atoms with E-state index in [0.717, 1.165) is 33.3 Å². The van der Waals surface area contributed by atoms with Crippen LogP contribution < -0.4 is 5.32 Å². The first-order valence-corrected chi connectivity index (χ1v) is 10.0. The monoisotopic (exact) mass is 365 g/mol. The molecule has 6 heteroatoms. The van der Waals surface area contributed by atoms with E-state index in [-0.39, 0.29) is 5.91 Å². The van der Waals surface area contributed by atoms with Crippen molar-refractivity contribution in [3.63, 3.8) is 0 Å². The minimum Gasteiger partial charge on any atom is -0.298 e. The summed E-state index contributed by atoms with van der Waals surface area (Å²) in [6.45, 7) is 0. The van der Waals surface area contributed by atoms with Crippen LogP contribution in [0.3, 0.4) is 0 Å². The average Bonchev–Trinajstić information content (AvgIpc) is 3.26. The van der Waals surface area contributed by atoms with Crippen molar-refractivity contribution in [2.45, 2.75) is 25.7 Å². The Morgan fingerprint density at radius 2 is 1.96 bits per heavy atom. The molecule has 0 fully saturated rings. The number of carbonyl (C=O) groups is 1. The van der Waals surface area contributed by atoms with E-state index in [4.69, 9.17) is 0 Å². The third-order valence-electron chi connectivity index (χ3n) is 4.69. The van der Waals surface area contributed by atoms with Gasteiger partial charge in [0.1, 0.15) is 5.52 Å². The van der Waals surface area contributed by atoms with Gasteiger partial charge in [-0.25, -0.2) is 9.97 Å². The number of fused-ring (bicyclic) bond motifs is 4. The summed E-state index contributed by atoms with van der Waals surface area (Å²) in [5.74, 6) is -0.0954. The number of anilines is 1. The van der Waals surface area contributed by atoms with Gasteiger partial charge < -0.3 is 0 Å². The molecule has 2 aromatic carbocycles. The van der Waals surface area contributed by atoms with Crippen molar-refractivity contribution < 1.29 is 4.79 Å². The molecule has 0 radical (unpaired) electrons. The Kier molecular flexibility index (Phi) is 3.53. The number of carbonyl (C=O) groups excluding carboxylic acids is 1. The van der Waals surface area contributed by atoms with Gasteiger partial charge in [-0.15, -0.1) is 11.3 Å². The fourth-order valence-corrected chi connectivity index (χ4v) is 5.12. The van der Waals surface area contributed by atoms with Gasteiger partial charge >= 0.3 is 0 Å². The number of aryl methyl sites for hydroxylation is 2. The third-order valence-corrected chi connectivity index (χ3v) is 6.47. The summed E-state index contributed by atoms with van der Waals surface area (Å²) in [7, 11) is 0. The predicted molar refractivity (Wildman–Crippen MR) is 104 cm³/mol. The zero-order valence-electron chi connectivity index (χ0n) is 13.4. The molecule has 1 amide bonds. The molecular weight excluding hydrogens is 350 g/mol. The average molecular weight is 365 g/mol. The highest BCUT2D eigenvalue weighted by atomic mass is 32.1. The Morgan fingerprint density at radius 1 is 1.08 bits per heavy atom. The van der Waals surface area contributed by atoms with Crippen LogP contribution in [0.4, 0.5) is 5.13 Å². The van der Waals surface area contributed by atoms with Crippen molar-refractivity contribution in [1.29, 1.82) is 0 Å². The largest absolute Gasteiger partial charge is 0.298 e. The van der Waals surface area contributed by atoms with Crippen LogP contribution in [0.2, 0.25) is 0 Å². The lowest BCUT2D eigenvalue weighted by atomic mass is 9.90. The normalized spacial score (nSPS) is 13.9. The highest BCUT2D eigenvalue weighted by Gasteiger charge is 2.15. The zero-order valence-corrected chi connectivity index (χ0v) is 15.0. The predicted octanol–water partition coefficient (Wildman–Crippen LogP) is 5.04. The van der Waals surface area contributed by atoms with Gasteiger partial charge in [0.2, 0.25) is 0 Å². The van der Waals surface area contributed by atoms with Gasteiger partial charge in [-0.1, -0.05) is 17.4 Å². The highest BCUT2D eigenvalue weighted by molar-refractivity contribution is 7.24. The van der Waals surface area contributed by atoms with Gasteiger partial charge in [0.15, 0.2) is 5.13 Å². The van der Waals surface area contributed by atoms with Crippen LogP contribution in [0.15, 0.2) is 35.8 Å². The van der Waals surface area contributed by atoms with E-state index in [9.17, 15) is 4.79 Å². The van der Waals surface area contributed by atoms with Crippen molar-refractivity contribution in [3.8, 4) is 0 Å². The molecule has 0 unspecified atom stereocenters. The van der Waals surface area contributed by atoms with E-state index in [1.54, 1.807) is 11.3 Å². The Balaban J connectivity index is 1.46. The van der Waals surface area contributed by atoms with Crippen molar-refractivity contribution in [2.75, 3.05) is 5.32 Å². The zero-order chi connectivity index (χ0) is 16.8. The molecule has 5 rings (SSSR count). The molecule has 2 heterocycles. The molecule has 1 aliphatic rings. The lowest BCUT2D eigenvalue weighted by Crippen LogP contribution is -2.13. The number of benzene rings is 2. The summed E-state index contributed by atoms with van der Waals surface area (Å²) < 4.78 is 2.17. The maximum atomic E-state index is 12.6. The summed E-state index contributed by atoms with van der Waals surface area (Å²) >= 11 is 3.10. The van der Waals surface area contributed by atoms with Gasteiger partial charge in [0.05, 0.1) is 20.4 Å². The number of hydrogen-bond acceptors (Lipinski definition) is 5. The second-order valence-electron chi connectivity index (χ2n) is 6.28. The quantitative estimate of drug-likeness (QED) is 0.541. The van der Waals surface area contributed by atoms with Crippen LogP contribution in [-0.2, 0) is 12.8 Å². The molecule has 25 heavy (non-hydrogen) atoms. The van der Waals surface area contributed by atoms with E-state index >= 15 is 0 Å². The standard InChI is InChI=1S/C19H15N3OS2/c23-18(13-6-5-11-3-1-2-4-12(11)9-13)22-19-21-14-7-8-15-16(17(14)25-19)20-10-24-15/h5-10H,1-4H2,(H,21,22,23). The number of rotatable bonds is 2. The fourth-order valence-electron chi connectivity index (χ4n) is 3.41. The van der Waals surface area contributed by atoms with Gasteiger partial charge in [0.25, 0.3) is 5.91 Å². The lowest BCUT2D eigenvalue weighted by molar-refractivity contribution is 0.102. The number of nitrogens with zero attached hydrogens (tertiary/aromatic N) is 2. The first-order chi connectivity index (χ1) is 12.3. The fraction of sp³-hybridized carbons (Fsp3) is 0.211. The van der Waals surface area contributed by atoms with E-state index in [2.05, 4.69) is 21.4 Å². The summed E-state index contributed by atoms with van der Waals surface area (Å²) in [5, 5.41) is 3.58. The number of amides is 1.